The molecule has 0 radical (unpaired) electrons. The van der Waals surface area contributed by atoms with Crippen molar-refractivity contribution in [1.29, 1.82) is 0 Å². The Balaban J connectivity index is 1.59. The maximum Gasteiger partial charge on any atom is 0.246 e. The summed E-state index contributed by atoms with van der Waals surface area (Å²) in [5, 5.41) is 11.7. The van der Waals surface area contributed by atoms with Crippen molar-refractivity contribution in [2.24, 2.45) is 0 Å². The Kier molecular flexibility index (Phi) is 3.60. The van der Waals surface area contributed by atoms with Crippen LogP contribution in [0.15, 0.2) is 29.0 Å². The zero-order chi connectivity index (χ0) is 17.4. The molecule has 0 aliphatic rings. The molecule has 0 atom stereocenters. The maximum absolute atomic E-state index is 5.26. The van der Waals surface area contributed by atoms with Crippen LogP contribution in [0.5, 0.6) is 0 Å². The van der Waals surface area contributed by atoms with Crippen LogP contribution < -0.4 is 5.32 Å². The molecule has 0 unspecified atom stereocenters. The standard InChI is InChI=1S/C16H16N8O/c1-9-7-12(24-16(20-9)10(2)11(3)22-24)19-8-13-21-15(23-25-13)14-17-5-4-6-18-14/h4-7,19H,8H2,1-3H3. The van der Waals surface area contributed by atoms with E-state index in [9.17, 15) is 0 Å². The van der Waals surface area contributed by atoms with Gasteiger partial charge < -0.3 is 9.84 Å². The van der Waals surface area contributed by atoms with Gasteiger partial charge in [0.15, 0.2) is 5.65 Å². The summed E-state index contributed by atoms with van der Waals surface area (Å²) in [5.41, 5.74) is 3.75. The minimum Gasteiger partial charge on any atom is -0.361 e. The van der Waals surface area contributed by atoms with Crippen LogP contribution in [0, 0.1) is 20.8 Å². The van der Waals surface area contributed by atoms with Crippen LogP contribution in [-0.4, -0.2) is 34.7 Å². The Hall–Kier alpha value is -3.36. The molecular formula is C16H16N8O. The summed E-state index contributed by atoms with van der Waals surface area (Å²) in [6.45, 7) is 6.28. The van der Waals surface area contributed by atoms with Gasteiger partial charge in [0.05, 0.1) is 12.2 Å². The maximum atomic E-state index is 5.26. The average Bonchev–Trinajstić information content (AvgIpc) is 3.20. The minimum atomic E-state index is 0.357. The highest BCUT2D eigenvalue weighted by Gasteiger charge is 2.13. The molecule has 0 aromatic carbocycles. The van der Waals surface area contributed by atoms with Gasteiger partial charge in [-0.15, -0.1) is 0 Å². The summed E-state index contributed by atoms with van der Waals surface area (Å²) < 4.78 is 7.05. The van der Waals surface area contributed by atoms with E-state index in [0.717, 1.165) is 28.4 Å². The van der Waals surface area contributed by atoms with Crippen LogP contribution >= 0.6 is 0 Å². The predicted molar refractivity (Wildman–Crippen MR) is 89.8 cm³/mol. The minimum absolute atomic E-state index is 0.357. The number of nitrogens with zero attached hydrogens (tertiary/aromatic N) is 7. The van der Waals surface area contributed by atoms with E-state index in [1.807, 2.05) is 26.8 Å². The number of fused-ring (bicyclic) bond motifs is 1. The number of hydrogen-bond acceptors (Lipinski definition) is 8. The fourth-order valence-corrected chi connectivity index (χ4v) is 2.47. The summed E-state index contributed by atoms with van der Waals surface area (Å²) in [6, 6.07) is 3.66. The Labute approximate surface area is 143 Å². The van der Waals surface area contributed by atoms with Crippen molar-refractivity contribution >= 4 is 11.5 Å². The molecule has 0 aliphatic heterocycles. The first-order valence-electron chi connectivity index (χ1n) is 7.79. The molecule has 0 saturated carbocycles. The molecule has 1 N–H and O–H groups in total. The number of hydrogen-bond donors (Lipinski definition) is 1. The summed E-state index contributed by atoms with van der Waals surface area (Å²) >= 11 is 0. The first-order valence-corrected chi connectivity index (χ1v) is 7.79. The van der Waals surface area contributed by atoms with Gasteiger partial charge >= 0.3 is 0 Å². The molecule has 0 amide bonds. The van der Waals surface area contributed by atoms with Gasteiger partial charge in [-0.25, -0.2) is 15.0 Å². The van der Waals surface area contributed by atoms with Crippen molar-refractivity contribution in [3.05, 3.63) is 47.4 Å². The highest BCUT2D eigenvalue weighted by molar-refractivity contribution is 5.55. The predicted octanol–water partition coefficient (Wildman–Crippen LogP) is 2.11. The van der Waals surface area contributed by atoms with Gasteiger partial charge in [-0.3, -0.25) is 0 Å². The molecule has 4 heterocycles. The van der Waals surface area contributed by atoms with Gasteiger partial charge in [0.2, 0.25) is 17.5 Å². The zero-order valence-corrected chi connectivity index (χ0v) is 14.1. The van der Waals surface area contributed by atoms with Crippen LogP contribution in [0.25, 0.3) is 17.3 Å². The highest BCUT2D eigenvalue weighted by atomic mass is 16.5. The molecule has 0 aliphatic carbocycles. The van der Waals surface area contributed by atoms with Gasteiger partial charge in [0.1, 0.15) is 5.82 Å². The van der Waals surface area contributed by atoms with E-state index in [4.69, 9.17) is 4.52 Å². The lowest BCUT2D eigenvalue weighted by atomic mass is 10.3. The molecule has 0 fully saturated rings. The van der Waals surface area contributed by atoms with Crippen molar-refractivity contribution in [2.45, 2.75) is 27.3 Å². The van der Waals surface area contributed by atoms with E-state index >= 15 is 0 Å². The molecule has 4 aromatic rings. The summed E-state index contributed by atoms with van der Waals surface area (Å²) in [7, 11) is 0. The first kappa shape index (κ1) is 15.2. The first-order chi connectivity index (χ1) is 12.1. The van der Waals surface area contributed by atoms with Crippen molar-refractivity contribution < 1.29 is 4.52 Å². The van der Waals surface area contributed by atoms with Gasteiger partial charge in [-0.1, -0.05) is 5.16 Å². The van der Waals surface area contributed by atoms with Crippen LogP contribution in [0.1, 0.15) is 22.8 Å². The molecule has 4 rings (SSSR count). The Morgan fingerprint density at radius 1 is 1.08 bits per heavy atom. The average molecular weight is 336 g/mol. The van der Waals surface area contributed by atoms with E-state index in [0.29, 0.717) is 24.1 Å². The SMILES string of the molecule is Cc1cc(NCc2nc(-c3ncccn3)no2)n2nc(C)c(C)c2n1. The quantitative estimate of drug-likeness (QED) is 0.604. The van der Waals surface area contributed by atoms with Crippen LogP contribution in [-0.2, 0) is 6.54 Å². The van der Waals surface area contributed by atoms with E-state index in [-0.39, 0.29) is 0 Å². The monoisotopic (exact) mass is 336 g/mol. The van der Waals surface area contributed by atoms with Crippen LogP contribution in [0.3, 0.4) is 0 Å². The fraction of sp³-hybridized carbons (Fsp3) is 0.250. The number of anilines is 1. The number of nitrogens with one attached hydrogen (secondary N) is 1. The lowest BCUT2D eigenvalue weighted by Gasteiger charge is -2.07. The third-order valence-electron chi connectivity index (χ3n) is 3.84. The Bertz CT molecular complexity index is 1040. The zero-order valence-electron chi connectivity index (χ0n) is 14.1. The van der Waals surface area contributed by atoms with E-state index in [2.05, 4.69) is 35.5 Å². The molecule has 4 aromatic heterocycles. The summed E-state index contributed by atoms with van der Waals surface area (Å²) in [6.07, 6.45) is 3.27. The van der Waals surface area contributed by atoms with Crippen LogP contribution in [0.2, 0.25) is 0 Å². The van der Waals surface area contributed by atoms with Gasteiger partial charge in [-0.05, 0) is 26.8 Å². The topological polar surface area (TPSA) is 107 Å². The van der Waals surface area contributed by atoms with Crippen molar-refractivity contribution in [1.82, 2.24) is 34.7 Å². The second-order valence-corrected chi connectivity index (χ2v) is 5.67. The molecule has 0 saturated heterocycles. The smallest absolute Gasteiger partial charge is 0.246 e. The lowest BCUT2D eigenvalue weighted by Crippen LogP contribution is -2.07. The molecule has 25 heavy (non-hydrogen) atoms. The molecular weight excluding hydrogens is 320 g/mol. The Morgan fingerprint density at radius 3 is 2.68 bits per heavy atom. The van der Waals surface area contributed by atoms with Gasteiger partial charge in [-0.2, -0.15) is 14.6 Å². The van der Waals surface area contributed by atoms with Crippen molar-refractivity contribution in [2.75, 3.05) is 5.32 Å². The summed E-state index contributed by atoms with van der Waals surface area (Å²) in [4.78, 5) is 17.1. The molecule has 0 spiro atoms. The summed E-state index contributed by atoms with van der Waals surface area (Å²) in [5.74, 6) is 2.04. The molecule has 9 heteroatoms. The normalized spacial score (nSPS) is 11.2. The lowest BCUT2D eigenvalue weighted by molar-refractivity contribution is 0.383. The third kappa shape index (κ3) is 2.80. The van der Waals surface area contributed by atoms with E-state index < -0.39 is 0 Å². The Morgan fingerprint density at radius 2 is 1.88 bits per heavy atom. The third-order valence-corrected chi connectivity index (χ3v) is 3.84. The van der Waals surface area contributed by atoms with E-state index in [1.165, 1.54) is 0 Å². The molecule has 126 valence electrons. The van der Waals surface area contributed by atoms with Gasteiger partial charge in [0, 0.05) is 29.7 Å². The van der Waals surface area contributed by atoms with Gasteiger partial charge in [0.25, 0.3) is 0 Å². The van der Waals surface area contributed by atoms with Crippen LogP contribution in [0.4, 0.5) is 5.82 Å². The largest absolute Gasteiger partial charge is 0.361 e. The number of aryl methyl sites for hydroxylation is 3. The molecule has 0 bridgehead atoms. The number of aromatic nitrogens is 7. The second kappa shape index (κ2) is 5.93. The van der Waals surface area contributed by atoms with E-state index in [1.54, 1.807) is 23.0 Å². The fourth-order valence-electron chi connectivity index (χ4n) is 2.47. The van der Waals surface area contributed by atoms with Crippen molar-refractivity contribution in [3.63, 3.8) is 0 Å². The van der Waals surface area contributed by atoms with Crippen molar-refractivity contribution in [3.8, 4) is 11.6 Å². The highest BCUT2D eigenvalue weighted by Crippen LogP contribution is 2.19. The number of rotatable bonds is 4. The molecule has 9 nitrogen and oxygen atoms in total. The second-order valence-electron chi connectivity index (χ2n) is 5.67.